The first-order valence-electron chi connectivity index (χ1n) is 25.1. The average molecular weight is 1020 g/mol. The zero-order valence-corrected chi connectivity index (χ0v) is 42.5. The first-order valence-corrected chi connectivity index (χ1v) is 26.6. The topological polar surface area (TPSA) is 176 Å². The molecule has 15 nitrogen and oxygen atoms in total. The second-order valence-electron chi connectivity index (χ2n) is 21.1. The Bertz CT molecular complexity index is 2770. The van der Waals surface area contributed by atoms with Crippen LogP contribution in [0.4, 0.5) is 30.4 Å². The number of anilines is 3. The molecule has 1 atom stereocenters. The number of hydrogen-bond donors (Lipinski definition) is 3. The number of nitrogens with zero attached hydrogens (tertiary/aromatic N) is 6. The number of amides is 1. The van der Waals surface area contributed by atoms with E-state index >= 15 is 0 Å². The third-order valence-corrected chi connectivity index (χ3v) is 17.0. The van der Waals surface area contributed by atoms with Gasteiger partial charge in [-0.15, -0.1) is 0 Å². The van der Waals surface area contributed by atoms with Gasteiger partial charge in [0.2, 0.25) is 0 Å². The van der Waals surface area contributed by atoms with Gasteiger partial charge in [-0.2, -0.15) is 0 Å². The molecule has 19 heteroatoms. The Kier molecular flexibility index (Phi) is 14.9. The van der Waals surface area contributed by atoms with E-state index in [1.807, 2.05) is 24.0 Å². The van der Waals surface area contributed by atoms with Crippen molar-refractivity contribution in [3.05, 3.63) is 100 Å². The summed E-state index contributed by atoms with van der Waals surface area (Å²) in [4.78, 5) is 29.2. The molecule has 1 amide bonds. The summed E-state index contributed by atoms with van der Waals surface area (Å²) >= 11 is 0. The molecule has 1 spiro atoms. The minimum absolute atomic E-state index is 0.0174. The number of ether oxygens (including phenoxy) is 2. The number of nitrogens with one attached hydrogen (secondary N) is 2. The number of carbonyl (C=O) groups is 1. The van der Waals surface area contributed by atoms with Crippen LogP contribution in [0.25, 0.3) is 5.83 Å². The summed E-state index contributed by atoms with van der Waals surface area (Å²) in [5.74, 6) is -0.744. The minimum atomic E-state index is -4.61. The second-order valence-corrected chi connectivity index (χ2v) is 22.7. The van der Waals surface area contributed by atoms with Crippen LogP contribution in [0.3, 0.4) is 0 Å². The number of fused-ring (bicyclic) bond motifs is 1. The zero-order valence-electron chi connectivity index (χ0n) is 41.7. The first kappa shape index (κ1) is 51.4. The number of aromatic nitrogens is 2. The molecule has 0 bridgehead atoms. The van der Waals surface area contributed by atoms with Gasteiger partial charge in [-0.05, 0) is 124 Å². The normalized spacial score (nSPS) is 22.7. The number of sulfonamides is 1. The lowest BCUT2D eigenvalue weighted by Gasteiger charge is -2.58. The van der Waals surface area contributed by atoms with Crippen molar-refractivity contribution in [3.8, 4) is 17.4 Å². The second kappa shape index (κ2) is 20.8. The number of hydroxylamine groups is 1. The van der Waals surface area contributed by atoms with Crippen molar-refractivity contribution in [3.63, 3.8) is 0 Å². The van der Waals surface area contributed by atoms with Crippen molar-refractivity contribution in [1.82, 2.24) is 24.5 Å². The van der Waals surface area contributed by atoms with Crippen LogP contribution in [-0.2, 0) is 16.4 Å². The van der Waals surface area contributed by atoms with Crippen molar-refractivity contribution < 1.29 is 41.0 Å². The van der Waals surface area contributed by atoms with E-state index in [4.69, 9.17) is 9.47 Å². The van der Waals surface area contributed by atoms with Crippen LogP contribution < -0.4 is 29.5 Å². The fraction of sp³-hybridized carbons (Fsp3) is 0.528. The lowest BCUT2D eigenvalue weighted by Crippen LogP contribution is -2.60. The molecule has 3 N–H and O–H groups in total. The summed E-state index contributed by atoms with van der Waals surface area (Å²) in [5.41, 5.74) is 3.09. The number of halogens is 3. The SMILES string of the molecule is COc1nc2c(cc1Oc1cc(N3CCC4(CC3)CC(N3CCN(CC(F)F)CC3c3ccccc3C(C)C)C4)ccc1C(=O)NS(=O)(=O)c1cnc(NCC3CCC(C)(O)CC3)c(N(C)[O-])c1)C(F)=CC2. The van der Waals surface area contributed by atoms with Gasteiger partial charge < -0.3 is 35.1 Å². The van der Waals surface area contributed by atoms with Gasteiger partial charge in [0, 0.05) is 81.3 Å². The van der Waals surface area contributed by atoms with Crippen LogP contribution in [0.1, 0.15) is 117 Å². The molecular weight excluding hydrogens is 950 g/mol. The summed E-state index contributed by atoms with van der Waals surface area (Å²) in [6.45, 7) is 9.69. The van der Waals surface area contributed by atoms with Gasteiger partial charge in [-0.1, -0.05) is 38.1 Å². The van der Waals surface area contributed by atoms with Crippen LogP contribution in [0.2, 0.25) is 0 Å². The van der Waals surface area contributed by atoms with E-state index in [0.717, 1.165) is 63.0 Å². The Hall–Kier alpha value is -5.47. The van der Waals surface area contributed by atoms with E-state index in [0.29, 0.717) is 68.3 Å². The van der Waals surface area contributed by atoms with E-state index in [-0.39, 0.29) is 70.4 Å². The molecule has 4 fully saturated rings. The first-order chi connectivity index (χ1) is 34.3. The maximum atomic E-state index is 14.9. The molecule has 2 aliphatic heterocycles. The number of piperidine rings is 1. The number of methoxy groups -OCH3 is 1. The maximum absolute atomic E-state index is 14.9. The molecule has 72 heavy (non-hydrogen) atoms. The van der Waals surface area contributed by atoms with Gasteiger partial charge in [-0.3, -0.25) is 14.6 Å². The Morgan fingerprint density at radius 2 is 1.75 bits per heavy atom. The van der Waals surface area contributed by atoms with Crippen molar-refractivity contribution in [2.75, 3.05) is 75.3 Å². The van der Waals surface area contributed by atoms with Gasteiger partial charge in [0.05, 0.1) is 36.2 Å². The summed E-state index contributed by atoms with van der Waals surface area (Å²) in [7, 11) is -1.99. The number of rotatable bonds is 16. The van der Waals surface area contributed by atoms with Crippen LogP contribution >= 0.6 is 0 Å². The van der Waals surface area contributed by atoms with Crippen molar-refractivity contribution in [1.29, 1.82) is 0 Å². The molecule has 0 radical (unpaired) electrons. The molecular formula is C53H66F3N8O7S-. The van der Waals surface area contributed by atoms with Gasteiger partial charge in [0.25, 0.3) is 28.2 Å². The predicted octanol–water partition coefficient (Wildman–Crippen LogP) is 9.05. The van der Waals surface area contributed by atoms with E-state index in [1.165, 1.54) is 43.5 Å². The molecule has 4 heterocycles. The molecule has 5 aliphatic rings. The molecule has 2 saturated carbocycles. The number of aliphatic hydroxyl groups is 1. The van der Waals surface area contributed by atoms with E-state index in [2.05, 4.69) is 55.8 Å². The summed E-state index contributed by atoms with van der Waals surface area (Å²) in [6.07, 6.45) is 7.01. The average Bonchev–Trinajstić information content (AvgIpc) is 3.70. The highest BCUT2D eigenvalue weighted by Gasteiger charge is 2.50. The number of allylic oxidation sites excluding steroid dienone is 1. The highest BCUT2D eigenvalue weighted by Crippen LogP contribution is 2.53. The highest BCUT2D eigenvalue weighted by molar-refractivity contribution is 7.90. The Morgan fingerprint density at radius 1 is 1.01 bits per heavy atom. The lowest BCUT2D eigenvalue weighted by atomic mass is 9.59. The van der Waals surface area contributed by atoms with Gasteiger partial charge >= 0.3 is 0 Å². The van der Waals surface area contributed by atoms with Crippen molar-refractivity contribution in [2.24, 2.45) is 11.3 Å². The van der Waals surface area contributed by atoms with Gasteiger partial charge in [0.15, 0.2) is 5.75 Å². The highest BCUT2D eigenvalue weighted by atomic mass is 32.2. The fourth-order valence-electron chi connectivity index (χ4n) is 11.5. The van der Waals surface area contributed by atoms with Crippen LogP contribution in [0.15, 0.2) is 71.8 Å². The van der Waals surface area contributed by atoms with Gasteiger partial charge in [0.1, 0.15) is 22.3 Å². The number of pyridine rings is 2. The molecule has 3 aliphatic carbocycles. The standard InChI is InChI=1S/C53H66F3N8O7S/c1-33(2)38-8-6-7-9-39(38)45-31-62(32-48(55)56)22-23-64(45)36-27-53(28-36)18-20-63(21-19-53)35-10-11-40(46(24-35)71-47-26-41-42(54)12-13-43(41)59-51(47)70-5)50(65)60-72(68,69)37-25-44(61(4)67)49(58-30-37)57-29-34-14-16-52(3,66)17-15-34/h6-12,24-26,30,33-34,36,45,48,66H,13-23,27-29,31-32H2,1-5H3,(H,57,58)(H,60,65)/q-1. The summed E-state index contributed by atoms with van der Waals surface area (Å²) in [5, 5.41) is 26.8. The molecule has 9 rings (SSSR count). The molecule has 2 saturated heterocycles. The Labute approximate surface area is 420 Å². The minimum Gasteiger partial charge on any atom is -0.758 e. The van der Waals surface area contributed by atoms with E-state index < -0.39 is 38.7 Å². The number of piperazine rings is 1. The van der Waals surface area contributed by atoms with Crippen LogP contribution in [-0.4, -0.2) is 117 Å². The zero-order chi connectivity index (χ0) is 51.1. The molecule has 1 unspecified atom stereocenters. The van der Waals surface area contributed by atoms with Gasteiger partial charge in [-0.25, -0.2) is 36.3 Å². The lowest BCUT2D eigenvalue weighted by molar-refractivity contribution is -0.0673. The predicted molar refractivity (Wildman–Crippen MR) is 271 cm³/mol. The third-order valence-electron chi connectivity index (χ3n) is 15.7. The number of hydrogen-bond acceptors (Lipinski definition) is 14. The number of benzene rings is 2. The monoisotopic (exact) mass is 1020 g/mol. The molecule has 2 aromatic carbocycles. The largest absolute Gasteiger partial charge is 0.758 e. The Morgan fingerprint density at radius 3 is 2.44 bits per heavy atom. The van der Waals surface area contributed by atoms with E-state index in [1.54, 1.807) is 12.1 Å². The third kappa shape index (κ3) is 11.0. The van der Waals surface area contributed by atoms with E-state index in [9.17, 15) is 36.7 Å². The van der Waals surface area contributed by atoms with Crippen LogP contribution in [0.5, 0.6) is 17.4 Å². The van der Waals surface area contributed by atoms with Crippen molar-refractivity contribution >= 4 is 38.9 Å². The molecule has 388 valence electrons. The Balaban J connectivity index is 0.924. The fourth-order valence-corrected chi connectivity index (χ4v) is 12.4. The quantitative estimate of drug-likeness (QED) is 0.0907. The maximum Gasteiger partial charge on any atom is 0.268 e. The summed E-state index contributed by atoms with van der Waals surface area (Å²) < 4.78 is 84.1. The molecule has 2 aromatic heterocycles. The number of carbonyl (C=O) groups excluding carboxylic acids is 1. The van der Waals surface area contributed by atoms with Crippen molar-refractivity contribution in [2.45, 2.75) is 113 Å². The van der Waals surface area contributed by atoms with Crippen LogP contribution in [0, 0.1) is 16.5 Å². The number of alkyl halides is 2. The smallest absolute Gasteiger partial charge is 0.268 e. The molecule has 4 aromatic rings. The summed E-state index contributed by atoms with van der Waals surface area (Å²) in [6, 6.07) is 16.3.